The smallest absolute Gasteiger partial charge is 0.185 e. The van der Waals surface area contributed by atoms with Gasteiger partial charge in [0.1, 0.15) is 0 Å². The minimum absolute atomic E-state index is 0.402. The zero-order valence-electron chi connectivity index (χ0n) is 9.52. The number of nitrogens with one attached hydrogen (secondary N) is 3. The topological polar surface area (TPSA) is 45.3 Å². The number of anilines is 1. The molecule has 3 N–H and O–H groups in total. The average molecular weight is 329 g/mol. The predicted molar refractivity (Wildman–Crippen MR) is 80.7 cm³/mol. The second-order valence-electron chi connectivity index (χ2n) is 3.24. The van der Waals surface area contributed by atoms with Crippen LogP contribution in [0.3, 0.4) is 0 Å². The first kappa shape index (κ1) is 15.6. The SMILES string of the molecule is COCCNC(=S)NNc1c(Cl)cc(Cl)cc1Cl. The molecular formula is C10H12Cl3N3OS. The number of methoxy groups -OCH3 is 1. The third-order valence-corrected chi connectivity index (χ3v) is 2.96. The van der Waals surface area contributed by atoms with Gasteiger partial charge in [-0.05, 0) is 24.4 Å². The molecule has 0 aliphatic rings. The molecule has 0 amide bonds. The first-order valence-electron chi connectivity index (χ1n) is 4.98. The fourth-order valence-electron chi connectivity index (χ4n) is 1.09. The summed E-state index contributed by atoms with van der Waals surface area (Å²) in [6.07, 6.45) is 0. The molecule has 1 aromatic carbocycles. The molecule has 0 aliphatic carbocycles. The molecule has 1 rings (SSSR count). The van der Waals surface area contributed by atoms with Gasteiger partial charge in [-0.25, -0.2) is 0 Å². The van der Waals surface area contributed by atoms with Crippen LogP contribution in [0.1, 0.15) is 0 Å². The average Bonchev–Trinajstić information content (AvgIpc) is 2.27. The van der Waals surface area contributed by atoms with Crippen LogP contribution in [0.2, 0.25) is 15.1 Å². The van der Waals surface area contributed by atoms with Crippen LogP contribution in [-0.4, -0.2) is 25.4 Å². The standard InChI is InChI=1S/C10H12Cl3N3OS/c1-17-3-2-14-10(18)16-15-9-7(12)4-6(11)5-8(9)13/h4-5,15H,2-3H2,1H3,(H2,14,16,18). The lowest BCUT2D eigenvalue weighted by atomic mass is 10.3. The molecule has 100 valence electrons. The summed E-state index contributed by atoms with van der Waals surface area (Å²) in [6, 6.07) is 3.17. The Morgan fingerprint density at radius 3 is 2.44 bits per heavy atom. The van der Waals surface area contributed by atoms with Gasteiger partial charge in [-0.2, -0.15) is 0 Å². The molecule has 0 aromatic heterocycles. The molecule has 0 atom stereocenters. The summed E-state index contributed by atoms with van der Waals surface area (Å²) in [7, 11) is 1.61. The van der Waals surface area contributed by atoms with E-state index in [4.69, 9.17) is 51.8 Å². The molecule has 0 saturated heterocycles. The second-order valence-corrected chi connectivity index (χ2v) is 4.90. The van der Waals surface area contributed by atoms with Gasteiger partial charge < -0.3 is 10.1 Å². The largest absolute Gasteiger partial charge is 0.383 e. The van der Waals surface area contributed by atoms with Crippen LogP contribution < -0.4 is 16.2 Å². The van der Waals surface area contributed by atoms with Crippen molar-refractivity contribution in [3.63, 3.8) is 0 Å². The van der Waals surface area contributed by atoms with Gasteiger partial charge >= 0.3 is 0 Å². The monoisotopic (exact) mass is 327 g/mol. The van der Waals surface area contributed by atoms with E-state index in [2.05, 4.69) is 16.2 Å². The molecule has 0 fully saturated rings. The lowest BCUT2D eigenvalue weighted by molar-refractivity contribution is 0.204. The molecule has 0 unspecified atom stereocenters. The van der Waals surface area contributed by atoms with E-state index in [9.17, 15) is 0 Å². The van der Waals surface area contributed by atoms with E-state index in [0.29, 0.717) is 39.0 Å². The van der Waals surface area contributed by atoms with Gasteiger partial charge in [0.2, 0.25) is 0 Å². The number of thiocarbonyl (C=S) groups is 1. The van der Waals surface area contributed by atoms with Crippen molar-refractivity contribution in [2.45, 2.75) is 0 Å². The van der Waals surface area contributed by atoms with Crippen molar-refractivity contribution in [1.82, 2.24) is 10.7 Å². The van der Waals surface area contributed by atoms with Gasteiger partial charge in [0.05, 0.1) is 22.3 Å². The van der Waals surface area contributed by atoms with Crippen LogP contribution >= 0.6 is 47.0 Å². The van der Waals surface area contributed by atoms with E-state index in [0.717, 1.165) is 0 Å². The number of hydrazine groups is 1. The lowest BCUT2D eigenvalue weighted by Crippen LogP contribution is -2.40. The van der Waals surface area contributed by atoms with E-state index in [1.165, 1.54) is 0 Å². The lowest BCUT2D eigenvalue weighted by Gasteiger charge is -2.14. The van der Waals surface area contributed by atoms with Crippen molar-refractivity contribution in [2.24, 2.45) is 0 Å². The zero-order chi connectivity index (χ0) is 13.5. The Morgan fingerprint density at radius 1 is 1.28 bits per heavy atom. The number of benzene rings is 1. The number of hydrogen-bond acceptors (Lipinski definition) is 3. The minimum Gasteiger partial charge on any atom is -0.383 e. The Hall–Kier alpha value is -0.460. The summed E-state index contributed by atoms with van der Waals surface area (Å²) in [5.41, 5.74) is 6.09. The Morgan fingerprint density at radius 2 is 1.89 bits per heavy atom. The van der Waals surface area contributed by atoms with Gasteiger partial charge in [0.15, 0.2) is 5.11 Å². The molecule has 18 heavy (non-hydrogen) atoms. The van der Waals surface area contributed by atoms with E-state index < -0.39 is 0 Å². The summed E-state index contributed by atoms with van der Waals surface area (Å²) in [6.45, 7) is 1.16. The fraction of sp³-hybridized carbons (Fsp3) is 0.300. The van der Waals surface area contributed by atoms with Crippen molar-refractivity contribution in [2.75, 3.05) is 25.7 Å². The van der Waals surface area contributed by atoms with E-state index in [1.54, 1.807) is 19.2 Å². The molecule has 0 bridgehead atoms. The minimum atomic E-state index is 0.402. The molecule has 0 heterocycles. The van der Waals surface area contributed by atoms with E-state index >= 15 is 0 Å². The third-order valence-electron chi connectivity index (χ3n) is 1.90. The van der Waals surface area contributed by atoms with Gasteiger partial charge in [-0.3, -0.25) is 10.9 Å². The Labute approximate surface area is 126 Å². The van der Waals surface area contributed by atoms with Crippen molar-refractivity contribution in [3.05, 3.63) is 27.2 Å². The summed E-state index contributed by atoms with van der Waals surface area (Å²) in [5.74, 6) is 0. The van der Waals surface area contributed by atoms with E-state index in [1.807, 2.05) is 0 Å². The van der Waals surface area contributed by atoms with Gasteiger partial charge in [0.25, 0.3) is 0 Å². The van der Waals surface area contributed by atoms with Crippen LogP contribution in [-0.2, 0) is 4.74 Å². The molecule has 0 radical (unpaired) electrons. The highest BCUT2D eigenvalue weighted by Gasteiger charge is 2.07. The molecule has 1 aromatic rings. The highest BCUT2D eigenvalue weighted by molar-refractivity contribution is 7.80. The van der Waals surface area contributed by atoms with Crippen molar-refractivity contribution < 1.29 is 4.74 Å². The first-order valence-corrected chi connectivity index (χ1v) is 6.52. The second kappa shape index (κ2) is 7.86. The quantitative estimate of drug-likeness (QED) is 0.440. The predicted octanol–water partition coefficient (Wildman–Crippen LogP) is 3.08. The summed E-state index contributed by atoms with van der Waals surface area (Å²) >= 11 is 22.8. The van der Waals surface area contributed by atoms with Crippen molar-refractivity contribution in [1.29, 1.82) is 0 Å². The van der Waals surface area contributed by atoms with Crippen molar-refractivity contribution >= 4 is 57.8 Å². The number of rotatable bonds is 5. The van der Waals surface area contributed by atoms with Gasteiger partial charge in [0, 0.05) is 18.7 Å². The third kappa shape index (κ3) is 5.04. The van der Waals surface area contributed by atoms with Crippen LogP contribution in [0, 0.1) is 0 Å². The maximum atomic E-state index is 5.99. The van der Waals surface area contributed by atoms with Crippen LogP contribution in [0.5, 0.6) is 0 Å². The van der Waals surface area contributed by atoms with Gasteiger partial charge in [-0.1, -0.05) is 34.8 Å². The molecule has 0 spiro atoms. The maximum absolute atomic E-state index is 5.99. The number of hydrogen-bond donors (Lipinski definition) is 3. The molecule has 0 saturated carbocycles. The Balaban J connectivity index is 2.51. The van der Waals surface area contributed by atoms with E-state index in [-0.39, 0.29) is 0 Å². The highest BCUT2D eigenvalue weighted by atomic mass is 35.5. The molecule has 8 heteroatoms. The maximum Gasteiger partial charge on any atom is 0.185 e. The van der Waals surface area contributed by atoms with Crippen LogP contribution in [0.15, 0.2) is 12.1 Å². The summed E-state index contributed by atoms with van der Waals surface area (Å²) in [5, 5.41) is 4.61. The number of ether oxygens (including phenoxy) is 1. The van der Waals surface area contributed by atoms with Gasteiger partial charge in [-0.15, -0.1) is 0 Å². The molecule has 0 aliphatic heterocycles. The summed E-state index contributed by atoms with van der Waals surface area (Å²) < 4.78 is 4.88. The first-order chi connectivity index (χ1) is 8.54. The molecular weight excluding hydrogens is 317 g/mol. The number of halogens is 3. The zero-order valence-corrected chi connectivity index (χ0v) is 12.6. The fourth-order valence-corrected chi connectivity index (χ4v) is 2.16. The Kier molecular flexibility index (Phi) is 6.81. The highest BCUT2D eigenvalue weighted by Crippen LogP contribution is 2.32. The normalized spacial score (nSPS) is 10.0. The van der Waals surface area contributed by atoms with Crippen LogP contribution in [0.4, 0.5) is 5.69 Å². The van der Waals surface area contributed by atoms with Crippen molar-refractivity contribution in [3.8, 4) is 0 Å². The Bertz CT molecular complexity index is 408. The van der Waals surface area contributed by atoms with Crippen LogP contribution in [0.25, 0.3) is 0 Å². The molecule has 4 nitrogen and oxygen atoms in total. The summed E-state index contributed by atoms with van der Waals surface area (Å²) in [4.78, 5) is 0.